The zero-order valence-corrected chi connectivity index (χ0v) is 26.3. The number of nitrogens with zero attached hydrogens (tertiary/aromatic N) is 1. The van der Waals surface area contributed by atoms with Gasteiger partial charge in [0.25, 0.3) is 0 Å². The lowest BCUT2D eigenvalue weighted by Gasteiger charge is -2.41. The van der Waals surface area contributed by atoms with Crippen molar-refractivity contribution < 1.29 is 38.4 Å². The maximum atomic E-state index is 12.9. The molecule has 0 radical (unpaired) electrons. The van der Waals surface area contributed by atoms with Crippen molar-refractivity contribution in [2.75, 3.05) is 27.3 Å². The van der Waals surface area contributed by atoms with Gasteiger partial charge in [0.1, 0.15) is 6.10 Å². The molecular weight excluding hydrogens is 526 g/mol. The van der Waals surface area contributed by atoms with Gasteiger partial charge in [0, 0.05) is 38.5 Å². The van der Waals surface area contributed by atoms with Crippen LogP contribution in [0.3, 0.4) is 0 Å². The van der Waals surface area contributed by atoms with E-state index in [2.05, 4.69) is 26.8 Å². The number of hydrogen-bond acceptors (Lipinski definition) is 8. The zero-order chi connectivity index (χ0) is 30.3. The van der Waals surface area contributed by atoms with Crippen LogP contribution in [-0.2, 0) is 28.5 Å². The number of hydrogen-bond donors (Lipinski definition) is 1. The number of epoxide rings is 1. The van der Waals surface area contributed by atoms with E-state index >= 15 is 0 Å². The van der Waals surface area contributed by atoms with Crippen molar-refractivity contribution in [1.82, 2.24) is 4.90 Å². The highest BCUT2D eigenvalue weighted by Gasteiger charge is 2.56. The standard InChI is InChI=1S/C32H53NO8/c1-20(19-32(6)30(41-32)23(4)29(38-8)24(5)34)13-12-14-21(2)28-22(3)26(17-25(39-28)18-27(35)37-7)40-31(36)33-15-10-9-11-16-33/h12-14,20,22-26,28-30,34H,9-11,15-19H2,1-8H3/b13-12+,21-14+/t20-,22+,23-,24-,25-,26-,28-,29-,30-,32-/m1/s1. The third kappa shape index (κ3) is 9.02. The van der Waals surface area contributed by atoms with Gasteiger partial charge in [-0.15, -0.1) is 0 Å². The molecule has 3 rings (SSSR count). The number of aliphatic hydroxyl groups excluding tert-OH is 1. The molecule has 41 heavy (non-hydrogen) atoms. The van der Waals surface area contributed by atoms with E-state index in [-0.39, 0.29) is 66.3 Å². The predicted molar refractivity (Wildman–Crippen MR) is 156 cm³/mol. The van der Waals surface area contributed by atoms with E-state index in [1.165, 1.54) is 7.11 Å². The van der Waals surface area contributed by atoms with Crippen LogP contribution in [0.1, 0.15) is 80.1 Å². The van der Waals surface area contributed by atoms with Crippen LogP contribution in [0.15, 0.2) is 23.8 Å². The molecule has 1 N–H and O–H groups in total. The quantitative estimate of drug-likeness (QED) is 0.194. The van der Waals surface area contributed by atoms with Gasteiger partial charge in [0.2, 0.25) is 0 Å². The molecular formula is C32H53NO8. The first kappa shape index (κ1) is 33.6. The van der Waals surface area contributed by atoms with Crippen LogP contribution in [0, 0.1) is 17.8 Å². The van der Waals surface area contributed by atoms with Crippen LogP contribution in [0.4, 0.5) is 4.79 Å². The summed E-state index contributed by atoms with van der Waals surface area (Å²) in [5.74, 6) is -0.0521. The average Bonchev–Trinajstić information content (AvgIpc) is 3.60. The molecule has 234 valence electrons. The molecule has 3 heterocycles. The summed E-state index contributed by atoms with van der Waals surface area (Å²) in [5, 5.41) is 10.0. The Morgan fingerprint density at radius 3 is 2.44 bits per heavy atom. The molecule has 3 aliphatic rings. The molecule has 3 fully saturated rings. The summed E-state index contributed by atoms with van der Waals surface area (Å²) in [6, 6.07) is 0. The highest BCUT2D eigenvalue weighted by molar-refractivity contribution is 5.70. The van der Waals surface area contributed by atoms with Gasteiger partial charge in [-0.1, -0.05) is 39.0 Å². The van der Waals surface area contributed by atoms with E-state index in [0.29, 0.717) is 6.42 Å². The highest BCUT2D eigenvalue weighted by Crippen LogP contribution is 2.47. The first-order valence-corrected chi connectivity index (χ1v) is 15.3. The van der Waals surface area contributed by atoms with Crippen LogP contribution in [-0.4, -0.2) is 91.6 Å². The summed E-state index contributed by atoms with van der Waals surface area (Å²) in [6.07, 6.45) is 8.74. The number of ether oxygens (including phenoxy) is 5. The van der Waals surface area contributed by atoms with Crippen LogP contribution >= 0.6 is 0 Å². The molecule has 0 aliphatic carbocycles. The normalized spacial score (nSPS) is 33.6. The fourth-order valence-electron chi connectivity index (χ4n) is 6.72. The molecule has 0 saturated carbocycles. The van der Waals surface area contributed by atoms with Gasteiger partial charge in [-0.2, -0.15) is 0 Å². The fourth-order valence-corrected chi connectivity index (χ4v) is 6.72. The van der Waals surface area contributed by atoms with Gasteiger partial charge in [-0.05, 0) is 57.9 Å². The van der Waals surface area contributed by atoms with Gasteiger partial charge in [-0.3, -0.25) is 4.79 Å². The summed E-state index contributed by atoms with van der Waals surface area (Å²) in [6.45, 7) is 13.6. The predicted octanol–water partition coefficient (Wildman–Crippen LogP) is 5.05. The lowest BCUT2D eigenvalue weighted by molar-refractivity contribution is -0.154. The largest absolute Gasteiger partial charge is 0.469 e. The van der Waals surface area contributed by atoms with Gasteiger partial charge >= 0.3 is 12.1 Å². The topological polar surface area (TPSA) is 107 Å². The number of amides is 1. The van der Waals surface area contributed by atoms with E-state index in [4.69, 9.17) is 23.7 Å². The van der Waals surface area contributed by atoms with Crippen LogP contribution < -0.4 is 0 Å². The van der Waals surface area contributed by atoms with Crippen molar-refractivity contribution in [3.63, 3.8) is 0 Å². The Morgan fingerprint density at radius 1 is 1.15 bits per heavy atom. The number of rotatable bonds is 12. The molecule has 3 aliphatic heterocycles. The van der Waals surface area contributed by atoms with Crippen molar-refractivity contribution >= 4 is 12.1 Å². The molecule has 9 nitrogen and oxygen atoms in total. The number of carbonyl (C=O) groups is 2. The van der Waals surface area contributed by atoms with Crippen LogP contribution in [0.2, 0.25) is 0 Å². The first-order valence-electron chi connectivity index (χ1n) is 15.3. The molecule has 1 amide bonds. The SMILES string of the molecule is COC(=O)C[C@H]1C[C@@H](OC(=O)N2CCCCC2)[C@H](C)[C@@H](/C(C)=C/C=C/[C@@H](C)C[C@@]2(C)O[C@@H]2[C@H](C)[C@@H](OC)[C@@H](C)O)O1. The molecule has 0 aromatic heterocycles. The van der Waals surface area contributed by atoms with Gasteiger partial charge in [0.05, 0.1) is 49.7 Å². The number of aliphatic hydroxyl groups is 1. The van der Waals surface area contributed by atoms with Gasteiger partial charge in [-0.25, -0.2) is 4.79 Å². The second-order valence-corrected chi connectivity index (χ2v) is 12.7. The summed E-state index contributed by atoms with van der Waals surface area (Å²) >= 11 is 0. The van der Waals surface area contributed by atoms with E-state index in [1.54, 1.807) is 18.9 Å². The second kappa shape index (κ2) is 15.0. The Labute approximate surface area is 246 Å². The first-order chi connectivity index (χ1) is 19.4. The number of carbonyl (C=O) groups excluding carboxylic acids is 2. The Morgan fingerprint density at radius 2 is 1.83 bits per heavy atom. The lowest BCUT2D eigenvalue weighted by Crippen LogP contribution is -2.48. The number of esters is 1. The van der Waals surface area contributed by atoms with E-state index in [1.807, 2.05) is 26.0 Å². The third-order valence-electron chi connectivity index (χ3n) is 9.05. The maximum absolute atomic E-state index is 12.9. The summed E-state index contributed by atoms with van der Waals surface area (Å²) in [7, 11) is 3.00. The molecule has 0 unspecified atom stereocenters. The molecule has 0 spiro atoms. The van der Waals surface area contributed by atoms with Crippen molar-refractivity contribution in [1.29, 1.82) is 0 Å². The number of methoxy groups -OCH3 is 2. The second-order valence-electron chi connectivity index (χ2n) is 12.7. The van der Waals surface area contributed by atoms with Gasteiger partial charge in [0.15, 0.2) is 0 Å². The third-order valence-corrected chi connectivity index (χ3v) is 9.05. The lowest BCUT2D eigenvalue weighted by atomic mass is 9.85. The zero-order valence-electron chi connectivity index (χ0n) is 26.3. The number of piperidine rings is 1. The minimum absolute atomic E-state index is 0.0444. The van der Waals surface area contributed by atoms with Crippen molar-refractivity contribution in [2.45, 2.75) is 122 Å². The minimum Gasteiger partial charge on any atom is -0.469 e. The molecule has 0 aromatic rings. The van der Waals surface area contributed by atoms with Crippen molar-refractivity contribution in [3.05, 3.63) is 23.8 Å². The summed E-state index contributed by atoms with van der Waals surface area (Å²) in [4.78, 5) is 26.8. The number of likely N-dealkylation sites (tertiary alicyclic amines) is 1. The number of allylic oxidation sites excluding steroid dienone is 3. The van der Waals surface area contributed by atoms with Crippen molar-refractivity contribution in [3.8, 4) is 0 Å². The Balaban J connectivity index is 1.62. The summed E-state index contributed by atoms with van der Waals surface area (Å²) < 4.78 is 28.9. The fraction of sp³-hybridized carbons (Fsp3) is 0.812. The van der Waals surface area contributed by atoms with Crippen LogP contribution in [0.25, 0.3) is 0 Å². The average molecular weight is 580 g/mol. The van der Waals surface area contributed by atoms with E-state index in [0.717, 1.165) is 44.3 Å². The maximum Gasteiger partial charge on any atom is 0.410 e. The molecule has 3 saturated heterocycles. The Hall–Kier alpha value is -1.94. The van der Waals surface area contributed by atoms with Crippen LogP contribution in [0.5, 0.6) is 0 Å². The highest BCUT2D eigenvalue weighted by atomic mass is 16.6. The molecule has 0 aromatic carbocycles. The minimum atomic E-state index is -0.557. The van der Waals surface area contributed by atoms with Crippen molar-refractivity contribution in [2.24, 2.45) is 17.8 Å². The molecule has 9 heteroatoms. The Bertz CT molecular complexity index is 929. The molecule has 0 bridgehead atoms. The summed E-state index contributed by atoms with van der Waals surface area (Å²) in [5.41, 5.74) is 0.760. The van der Waals surface area contributed by atoms with Gasteiger partial charge < -0.3 is 33.7 Å². The monoisotopic (exact) mass is 579 g/mol. The molecule has 10 atom stereocenters. The van der Waals surface area contributed by atoms with E-state index in [9.17, 15) is 14.7 Å². The van der Waals surface area contributed by atoms with E-state index < -0.39 is 12.2 Å². The smallest absolute Gasteiger partial charge is 0.410 e. The Kier molecular flexibility index (Phi) is 12.3.